The molecule has 0 spiro atoms. The second kappa shape index (κ2) is 10.5. The number of rotatable bonds is 4. The van der Waals surface area contributed by atoms with Crippen LogP contribution in [0.1, 0.15) is 0 Å². The van der Waals surface area contributed by atoms with Gasteiger partial charge in [-0.05, 0) is 82.2 Å². The standard InChI is InChI=1S/C45H29N3/c1-2-10-30(11-3-1)32-14-8-15-35(26-32)47-42-18-7-6-17-37(42)39-27-33(20-22-43(39)47)34-21-23-44-40(28-34)38-24-25-46-29-45(38)48(44)41-19-9-13-31-12-4-5-16-36(31)41/h1-29H. The van der Waals surface area contributed by atoms with E-state index in [0.29, 0.717) is 0 Å². The molecule has 48 heavy (non-hydrogen) atoms. The summed E-state index contributed by atoms with van der Waals surface area (Å²) in [7, 11) is 0. The Bertz CT molecular complexity index is 2830. The van der Waals surface area contributed by atoms with Gasteiger partial charge < -0.3 is 9.13 Å². The van der Waals surface area contributed by atoms with E-state index in [4.69, 9.17) is 0 Å². The summed E-state index contributed by atoms with van der Waals surface area (Å²) >= 11 is 0. The quantitative estimate of drug-likeness (QED) is 0.194. The third-order valence-electron chi connectivity index (χ3n) is 9.79. The lowest BCUT2D eigenvalue weighted by molar-refractivity contribution is 1.18. The van der Waals surface area contributed by atoms with Gasteiger partial charge in [0.25, 0.3) is 0 Å². The summed E-state index contributed by atoms with van der Waals surface area (Å²) in [6.07, 6.45) is 3.89. The van der Waals surface area contributed by atoms with Gasteiger partial charge in [-0.1, -0.05) is 109 Å². The Kier molecular flexibility index (Phi) is 5.87. The van der Waals surface area contributed by atoms with E-state index in [0.717, 1.165) is 11.2 Å². The predicted octanol–water partition coefficient (Wildman–Crippen LogP) is 11.8. The minimum Gasteiger partial charge on any atom is -0.309 e. The summed E-state index contributed by atoms with van der Waals surface area (Å²) in [6, 6.07) is 59.3. The lowest BCUT2D eigenvalue weighted by Crippen LogP contribution is -1.95. The van der Waals surface area contributed by atoms with Crippen molar-refractivity contribution >= 4 is 54.4 Å². The molecule has 0 aliphatic rings. The molecule has 0 aliphatic carbocycles. The normalized spacial score (nSPS) is 11.8. The summed E-state index contributed by atoms with van der Waals surface area (Å²) in [5, 5.41) is 7.37. The SMILES string of the molecule is c1ccc(-c2cccc(-n3c4ccccc4c4cc(-c5ccc6c(c5)c5ccncc5n6-c5cccc6ccccc56)ccc43)c2)cc1. The largest absolute Gasteiger partial charge is 0.309 e. The van der Waals surface area contributed by atoms with Crippen molar-refractivity contribution in [2.24, 2.45) is 0 Å². The topological polar surface area (TPSA) is 22.8 Å². The van der Waals surface area contributed by atoms with Gasteiger partial charge in [0.2, 0.25) is 0 Å². The fourth-order valence-corrected chi connectivity index (χ4v) is 7.60. The van der Waals surface area contributed by atoms with Crippen molar-refractivity contribution in [3.63, 3.8) is 0 Å². The molecule has 3 heterocycles. The highest BCUT2D eigenvalue weighted by Gasteiger charge is 2.17. The maximum absolute atomic E-state index is 4.54. The fourth-order valence-electron chi connectivity index (χ4n) is 7.60. The van der Waals surface area contributed by atoms with E-state index < -0.39 is 0 Å². The minimum absolute atomic E-state index is 1.11. The molecule has 10 aromatic rings. The summed E-state index contributed by atoms with van der Waals surface area (Å²) < 4.78 is 4.76. The third kappa shape index (κ3) is 4.04. The Morgan fingerprint density at radius 2 is 0.958 bits per heavy atom. The van der Waals surface area contributed by atoms with Crippen LogP contribution in [-0.4, -0.2) is 14.1 Å². The highest BCUT2D eigenvalue weighted by atomic mass is 15.0. The molecule has 0 saturated heterocycles. The van der Waals surface area contributed by atoms with E-state index in [1.807, 2.05) is 12.4 Å². The average molecular weight is 612 g/mol. The zero-order valence-corrected chi connectivity index (χ0v) is 26.1. The molecular formula is C45H29N3. The molecule has 3 heteroatoms. The maximum Gasteiger partial charge on any atom is 0.0724 e. The third-order valence-corrected chi connectivity index (χ3v) is 9.79. The number of benzene rings is 7. The summed E-state index contributed by atoms with van der Waals surface area (Å²) in [4.78, 5) is 4.54. The molecular weight excluding hydrogens is 583 g/mol. The van der Waals surface area contributed by atoms with Gasteiger partial charge in [-0.25, -0.2) is 0 Å². The van der Waals surface area contributed by atoms with Gasteiger partial charge in [0, 0.05) is 38.8 Å². The molecule has 0 N–H and O–H groups in total. The van der Waals surface area contributed by atoms with Crippen LogP contribution in [0.2, 0.25) is 0 Å². The first-order valence-electron chi connectivity index (χ1n) is 16.4. The van der Waals surface area contributed by atoms with Crippen molar-refractivity contribution < 1.29 is 0 Å². The van der Waals surface area contributed by atoms with Gasteiger partial charge in [0.15, 0.2) is 0 Å². The zero-order valence-electron chi connectivity index (χ0n) is 26.1. The second-order valence-corrected chi connectivity index (χ2v) is 12.5. The van der Waals surface area contributed by atoms with Crippen LogP contribution in [0, 0.1) is 0 Å². The highest BCUT2D eigenvalue weighted by Crippen LogP contribution is 2.39. The molecule has 0 radical (unpaired) electrons. The Balaban J connectivity index is 1.16. The van der Waals surface area contributed by atoms with E-state index in [2.05, 4.69) is 178 Å². The van der Waals surface area contributed by atoms with Gasteiger partial charge in [-0.15, -0.1) is 0 Å². The summed E-state index contributed by atoms with van der Waals surface area (Å²) in [6.45, 7) is 0. The summed E-state index contributed by atoms with van der Waals surface area (Å²) in [5.41, 5.74) is 11.8. The number of fused-ring (bicyclic) bond motifs is 7. The van der Waals surface area contributed by atoms with Crippen molar-refractivity contribution in [1.29, 1.82) is 0 Å². The van der Waals surface area contributed by atoms with Crippen molar-refractivity contribution in [3.8, 4) is 33.6 Å². The van der Waals surface area contributed by atoms with E-state index in [1.54, 1.807) is 0 Å². The molecule has 0 fully saturated rings. The molecule has 0 unspecified atom stereocenters. The van der Waals surface area contributed by atoms with E-state index in [9.17, 15) is 0 Å². The van der Waals surface area contributed by atoms with E-state index in [-0.39, 0.29) is 0 Å². The van der Waals surface area contributed by atoms with Gasteiger partial charge >= 0.3 is 0 Å². The molecule has 3 nitrogen and oxygen atoms in total. The second-order valence-electron chi connectivity index (χ2n) is 12.5. The van der Waals surface area contributed by atoms with Crippen LogP contribution in [0.3, 0.4) is 0 Å². The Morgan fingerprint density at radius 1 is 0.354 bits per heavy atom. The van der Waals surface area contributed by atoms with Crippen LogP contribution >= 0.6 is 0 Å². The molecule has 0 bridgehead atoms. The van der Waals surface area contributed by atoms with Crippen molar-refractivity contribution in [2.45, 2.75) is 0 Å². The summed E-state index contributed by atoms with van der Waals surface area (Å²) in [5.74, 6) is 0. The van der Waals surface area contributed by atoms with Crippen molar-refractivity contribution in [3.05, 3.63) is 176 Å². The number of hydrogen-bond donors (Lipinski definition) is 0. The Morgan fingerprint density at radius 3 is 1.79 bits per heavy atom. The van der Waals surface area contributed by atoms with Crippen LogP contribution in [-0.2, 0) is 0 Å². The molecule has 0 atom stereocenters. The number of aromatic nitrogens is 3. The maximum atomic E-state index is 4.54. The Labute approximate surface area is 277 Å². The lowest BCUT2D eigenvalue weighted by atomic mass is 10.0. The van der Waals surface area contributed by atoms with Crippen LogP contribution in [0.4, 0.5) is 0 Å². The first-order valence-corrected chi connectivity index (χ1v) is 16.4. The van der Waals surface area contributed by atoms with Crippen LogP contribution in [0.25, 0.3) is 88.0 Å². The minimum atomic E-state index is 1.11. The van der Waals surface area contributed by atoms with Crippen LogP contribution in [0.5, 0.6) is 0 Å². The number of nitrogens with zero attached hydrogens (tertiary/aromatic N) is 3. The first kappa shape index (κ1) is 26.7. The van der Waals surface area contributed by atoms with E-state index >= 15 is 0 Å². The average Bonchev–Trinajstić information content (AvgIpc) is 3.67. The van der Waals surface area contributed by atoms with Crippen LogP contribution < -0.4 is 0 Å². The van der Waals surface area contributed by atoms with Crippen molar-refractivity contribution in [1.82, 2.24) is 14.1 Å². The molecule has 10 rings (SSSR count). The molecule has 3 aromatic heterocycles. The monoisotopic (exact) mass is 611 g/mol. The first-order chi connectivity index (χ1) is 23.8. The zero-order chi connectivity index (χ0) is 31.6. The molecule has 0 aliphatic heterocycles. The van der Waals surface area contributed by atoms with Gasteiger partial charge in [-0.3, -0.25) is 4.98 Å². The highest BCUT2D eigenvalue weighted by molar-refractivity contribution is 6.13. The van der Waals surface area contributed by atoms with Crippen LogP contribution in [0.15, 0.2) is 176 Å². The van der Waals surface area contributed by atoms with Gasteiger partial charge in [0.05, 0.1) is 34.0 Å². The molecule has 224 valence electrons. The predicted molar refractivity (Wildman–Crippen MR) is 201 cm³/mol. The fraction of sp³-hybridized carbons (Fsp3) is 0. The lowest BCUT2D eigenvalue weighted by Gasteiger charge is -2.12. The number of hydrogen-bond acceptors (Lipinski definition) is 1. The van der Waals surface area contributed by atoms with E-state index in [1.165, 1.54) is 76.8 Å². The molecule has 0 saturated carbocycles. The van der Waals surface area contributed by atoms with Crippen molar-refractivity contribution in [2.75, 3.05) is 0 Å². The van der Waals surface area contributed by atoms with Gasteiger partial charge in [-0.2, -0.15) is 0 Å². The Hall–Kier alpha value is -6.45. The van der Waals surface area contributed by atoms with Gasteiger partial charge in [0.1, 0.15) is 0 Å². The smallest absolute Gasteiger partial charge is 0.0724 e. The number of pyridine rings is 1. The number of para-hydroxylation sites is 1. The molecule has 0 amide bonds. The molecule has 7 aromatic carbocycles.